The van der Waals surface area contributed by atoms with Gasteiger partial charge < -0.3 is 5.32 Å². The van der Waals surface area contributed by atoms with Gasteiger partial charge in [-0.05, 0) is 13.0 Å². The van der Waals surface area contributed by atoms with Gasteiger partial charge >= 0.3 is 0 Å². The fourth-order valence-corrected chi connectivity index (χ4v) is 4.69. The molecular formula is C12H13ClN2O5S. The van der Waals surface area contributed by atoms with E-state index in [4.69, 9.17) is 11.6 Å². The third kappa shape index (κ3) is 3.51. The van der Waals surface area contributed by atoms with E-state index >= 15 is 0 Å². The van der Waals surface area contributed by atoms with Crippen LogP contribution in [-0.2, 0) is 9.84 Å². The number of benzene rings is 1. The van der Waals surface area contributed by atoms with Gasteiger partial charge in [0.1, 0.15) is 0 Å². The van der Waals surface area contributed by atoms with E-state index in [1.807, 2.05) is 0 Å². The van der Waals surface area contributed by atoms with Gasteiger partial charge in [0.25, 0.3) is 11.6 Å². The van der Waals surface area contributed by atoms with Crippen LogP contribution in [0.5, 0.6) is 0 Å². The molecule has 0 spiro atoms. The number of nitro benzene ring substituents is 1. The summed E-state index contributed by atoms with van der Waals surface area (Å²) in [5, 5.41) is 12.7. The van der Waals surface area contributed by atoms with Gasteiger partial charge in [-0.1, -0.05) is 6.07 Å². The molecule has 1 aromatic carbocycles. The van der Waals surface area contributed by atoms with E-state index in [0.717, 1.165) is 6.07 Å². The number of halogens is 1. The molecule has 1 aliphatic rings. The number of carbonyl (C=O) groups excluding carboxylic acids is 1. The van der Waals surface area contributed by atoms with Crippen molar-refractivity contribution in [2.75, 3.05) is 11.5 Å². The number of carbonyl (C=O) groups is 1. The third-order valence-corrected chi connectivity index (χ3v) is 5.64. The van der Waals surface area contributed by atoms with Gasteiger partial charge in [0.05, 0.1) is 27.8 Å². The molecule has 0 aromatic heterocycles. The Morgan fingerprint density at radius 1 is 1.43 bits per heavy atom. The highest BCUT2D eigenvalue weighted by molar-refractivity contribution is 7.91. The van der Waals surface area contributed by atoms with Gasteiger partial charge in [-0.25, -0.2) is 8.42 Å². The lowest BCUT2D eigenvalue weighted by atomic mass is 10.1. The minimum atomic E-state index is -3.26. The summed E-state index contributed by atoms with van der Waals surface area (Å²) in [5.74, 6) is -0.986. The maximum atomic E-state index is 12.1. The van der Waals surface area contributed by atoms with E-state index in [1.54, 1.807) is 6.92 Å². The summed E-state index contributed by atoms with van der Waals surface area (Å²) in [5.41, 5.74) is 0.375. The number of nitro groups is 1. The minimum absolute atomic E-state index is 0.0977. The molecule has 21 heavy (non-hydrogen) atoms. The van der Waals surface area contributed by atoms with Crippen LogP contribution in [0.1, 0.15) is 15.9 Å². The second-order valence-corrected chi connectivity index (χ2v) is 7.65. The van der Waals surface area contributed by atoms with Crippen molar-refractivity contribution in [2.45, 2.75) is 18.3 Å². The quantitative estimate of drug-likeness (QED) is 0.505. The molecular weight excluding hydrogens is 320 g/mol. The first-order valence-corrected chi connectivity index (χ1v) is 8.36. The summed E-state index contributed by atoms with van der Waals surface area (Å²) in [6, 6.07) is 3.39. The Labute approximate surface area is 126 Å². The van der Waals surface area contributed by atoms with Crippen molar-refractivity contribution >= 4 is 33.0 Å². The van der Waals surface area contributed by atoms with Gasteiger partial charge in [-0.15, -0.1) is 11.6 Å². The summed E-state index contributed by atoms with van der Waals surface area (Å²) >= 11 is 5.90. The van der Waals surface area contributed by atoms with Gasteiger partial charge in [-0.2, -0.15) is 0 Å². The minimum Gasteiger partial charge on any atom is -0.347 e. The van der Waals surface area contributed by atoms with E-state index in [-0.39, 0.29) is 22.8 Å². The first-order chi connectivity index (χ1) is 9.69. The third-order valence-electron chi connectivity index (χ3n) is 3.27. The number of sulfone groups is 1. The topological polar surface area (TPSA) is 106 Å². The Morgan fingerprint density at radius 3 is 2.62 bits per heavy atom. The van der Waals surface area contributed by atoms with Gasteiger partial charge in [0.2, 0.25) is 0 Å². The first-order valence-electron chi connectivity index (χ1n) is 6.10. The molecule has 1 saturated heterocycles. The fraction of sp³-hybridized carbons (Fsp3) is 0.417. The average molecular weight is 333 g/mol. The molecule has 1 heterocycles. The molecule has 2 atom stereocenters. The molecule has 1 N–H and O–H groups in total. The second kappa shape index (κ2) is 5.61. The number of hydrogen-bond donors (Lipinski definition) is 1. The Balaban J connectivity index is 2.18. The molecule has 0 saturated carbocycles. The molecule has 0 radical (unpaired) electrons. The Hall–Kier alpha value is -1.67. The molecule has 114 valence electrons. The molecule has 1 fully saturated rings. The van der Waals surface area contributed by atoms with Crippen LogP contribution in [0.15, 0.2) is 18.2 Å². The zero-order valence-electron chi connectivity index (χ0n) is 11.1. The van der Waals surface area contributed by atoms with E-state index in [9.17, 15) is 23.3 Å². The molecule has 1 aromatic rings. The molecule has 0 bridgehead atoms. The first kappa shape index (κ1) is 15.7. The molecule has 1 aliphatic heterocycles. The number of hydrogen-bond acceptors (Lipinski definition) is 5. The van der Waals surface area contributed by atoms with Crippen molar-refractivity contribution < 1.29 is 18.1 Å². The van der Waals surface area contributed by atoms with Crippen molar-refractivity contribution in [2.24, 2.45) is 0 Å². The lowest BCUT2D eigenvalue weighted by molar-refractivity contribution is -0.385. The highest BCUT2D eigenvalue weighted by Gasteiger charge is 2.37. The SMILES string of the molecule is Cc1ccc(C(=O)NC2CS(=O)(=O)CC2Cl)cc1[N+](=O)[O-]. The van der Waals surface area contributed by atoms with Crippen LogP contribution in [0, 0.1) is 17.0 Å². The number of nitrogens with zero attached hydrogens (tertiary/aromatic N) is 1. The Bertz CT molecular complexity index is 704. The lowest BCUT2D eigenvalue weighted by Gasteiger charge is -2.14. The van der Waals surface area contributed by atoms with Crippen molar-refractivity contribution in [3.63, 3.8) is 0 Å². The van der Waals surface area contributed by atoms with Crippen molar-refractivity contribution in [1.29, 1.82) is 0 Å². The maximum absolute atomic E-state index is 12.1. The van der Waals surface area contributed by atoms with Crippen molar-refractivity contribution in [3.05, 3.63) is 39.4 Å². The van der Waals surface area contributed by atoms with E-state index in [0.29, 0.717) is 5.56 Å². The number of aryl methyl sites for hydroxylation is 1. The number of rotatable bonds is 3. The summed E-state index contributed by atoms with van der Waals surface area (Å²) < 4.78 is 22.9. The largest absolute Gasteiger partial charge is 0.347 e. The summed E-state index contributed by atoms with van der Waals surface area (Å²) in [4.78, 5) is 22.3. The molecule has 0 aliphatic carbocycles. The van der Waals surface area contributed by atoms with Crippen LogP contribution in [-0.4, -0.2) is 42.2 Å². The molecule has 7 nitrogen and oxygen atoms in total. The standard InChI is InChI=1S/C12H13ClN2O5S/c1-7-2-3-8(4-11(7)15(17)18)12(16)14-10-6-21(19,20)5-9(10)13/h2-4,9-10H,5-6H2,1H3,(H,14,16). The van der Waals surface area contributed by atoms with E-state index in [1.165, 1.54) is 12.1 Å². The van der Waals surface area contributed by atoms with Crippen molar-refractivity contribution in [3.8, 4) is 0 Å². The van der Waals surface area contributed by atoms with E-state index < -0.39 is 32.1 Å². The smallest absolute Gasteiger partial charge is 0.273 e. The number of amides is 1. The highest BCUT2D eigenvalue weighted by Crippen LogP contribution is 2.21. The number of alkyl halides is 1. The molecule has 2 unspecified atom stereocenters. The Kier molecular flexibility index (Phi) is 4.20. The van der Waals surface area contributed by atoms with E-state index in [2.05, 4.69) is 5.32 Å². The van der Waals surface area contributed by atoms with Crippen LogP contribution in [0.2, 0.25) is 0 Å². The predicted molar refractivity (Wildman–Crippen MR) is 77.4 cm³/mol. The fourth-order valence-electron chi connectivity index (χ4n) is 2.14. The zero-order chi connectivity index (χ0) is 15.8. The highest BCUT2D eigenvalue weighted by atomic mass is 35.5. The van der Waals surface area contributed by atoms with Crippen LogP contribution < -0.4 is 5.32 Å². The summed E-state index contributed by atoms with van der Waals surface area (Å²) in [6.45, 7) is 1.57. The van der Waals surface area contributed by atoms with Gasteiger partial charge in [-0.3, -0.25) is 14.9 Å². The van der Waals surface area contributed by atoms with Crippen LogP contribution >= 0.6 is 11.6 Å². The van der Waals surface area contributed by atoms with Gasteiger partial charge in [0, 0.05) is 17.2 Å². The molecule has 1 amide bonds. The molecule has 9 heteroatoms. The van der Waals surface area contributed by atoms with Crippen LogP contribution in [0.25, 0.3) is 0 Å². The van der Waals surface area contributed by atoms with Crippen molar-refractivity contribution in [1.82, 2.24) is 5.32 Å². The average Bonchev–Trinajstić information content (AvgIpc) is 2.62. The van der Waals surface area contributed by atoms with Crippen LogP contribution in [0.4, 0.5) is 5.69 Å². The second-order valence-electron chi connectivity index (χ2n) is 4.93. The monoisotopic (exact) mass is 332 g/mol. The van der Waals surface area contributed by atoms with Gasteiger partial charge in [0.15, 0.2) is 9.84 Å². The summed E-state index contributed by atoms with van der Waals surface area (Å²) in [7, 11) is -3.26. The van der Waals surface area contributed by atoms with Crippen LogP contribution in [0.3, 0.4) is 0 Å². The lowest BCUT2D eigenvalue weighted by Crippen LogP contribution is -2.40. The zero-order valence-corrected chi connectivity index (χ0v) is 12.6. The normalized spacial score (nSPS) is 23.7. The number of nitrogens with one attached hydrogen (secondary N) is 1. The summed E-state index contributed by atoms with van der Waals surface area (Å²) in [6.07, 6.45) is 0. The predicted octanol–water partition coefficient (Wildman–Crippen LogP) is 1.04. The maximum Gasteiger partial charge on any atom is 0.273 e. The molecule has 2 rings (SSSR count). The Morgan fingerprint density at radius 2 is 2.10 bits per heavy atom.